The number of likely N-dealkylation sites (tertiary alicyclic amines) is 1. The second-order valence-electron chi connectivity index (χ2n) is 6.00. The van der Waals surface area contributed by atoms with Crippen molar-refractivity contribution in [3.8, 4) is 0 Å². The molecule has 1 amide bonds. The number of hydrogen-bond donors (Lipinski definition) is 0. The zero-order chi connectivity index (χ0) is 14.8. The molecule has 0 N–H and O–H groups in total. The Morgan fingerprint density at radius 2 is 2.24 bits per heavy atom. The van der Waals surface area contributed by atoms with Crippen molar-refractivity contribution >= 4 is 11.6 Å². The molecule has 0 radical (unpaired) electrons. The molecule has 0 bridgehead atoms. The van der Waals surface area contributed by atoms with Gasteiger partial charge in [0.1, 0.15) is 5.65 Å². The van der Waals surface area contributed by atoms with Crippen molar-refractivity contribution in [1.82, 2.24) is 14.3 Å². The predicted molar refractivity (Wildman–Crippen MR) is 83.3 cm³/mol. The lowest BCUT2D eigenvalue weighted by atomic mass is 10.0. The second kappa shape index (κ2) is 5.88. The highest BCUT2D eigenvalue weighted by molar-refractivity contribution is 5.76. The van der Waals surface area contributed by atoms with Crippen LogP contribution in [0.4, 0.5) is 0 Å². The minimum Gasteiger partial charge on any atom is -0.340 e. The summed E-state index contributed by atoms with van der Waals surface area (Å²) in [7, 11) is 0. The lowest BCUT2D eigenvalue weighted by molar-refractivity contribution is -0.134. The summed E-state index contributed by atoms with van der Waals surface area (Å²) >= 11 is 0. The molecule has 2 aromatic heterocycles. The summed E-state index contributed by atoms with van der Waals surface area (Å²) in [6.07, 6.45) is 6.90. The molecule has 0 spiro atoms. The normalized spacial score (nSPS) is 19.1. The average molecular weight is 285 g/mol. The third kappa shape index (κ3) is 2.80. The van der Waals surface area contributed by atoms with Gasteiger partial charge in [-0.2, -0.15) is 0 Å². The molecule has 4 nitrogen and oxygen atoms in total. The molecule has 1 aliphatic heterocycles. The first kappa shape index (κ1) is 14.1. The molecule has 2 aromatic rings. The molecule has 4 heteroatoms. The summed E-state index contributed by atoms with van der Waals surface area (Å²) in [5.41, 5.74) is 3.15. The monoisotopic (exact) mass is 285 g/mol. The van der Waals surface area contributed by atoms with Crippen LogP contribution in [0, 0.1) is 6.92 Å². The highest BCUT2D eigenvalue weighted by Crippen LogP contribution is 2.19. The Kier molecular flexibility index (Phi) is 3.95. The number of pyridine rings is 1. The summed E-state index contributed by atoms with van der Waals surface area (Å²) in [6, 6.07) is 6.40. The molecule has 21 heavy (non-hydrogen) atoms. The number of aryl methyl sites for hydroxylation is 2. The van der Waals surface area contributed by atoms with E-state index in [4.69, 9.17) is 0 Å². The molecule has 3 rings (SSSR count). The van der Waals surface area contributed by atoms with Gasteiger partial charge in [0.2, 0.25) is 5.91 Å². The van der Waals surface area contributed by atoms with Crippen molar-refractivity contribution < 1.29 is 4.79 Å². The summed E-state index contributed by atoms with van der Waals surface area (Å²) in [6.45, 7) is 5.11. The standard InChI is InChI=1S/C17H23N3O/c1-13-7-3-5-11-19(13)17(21)10-9-15-14(2)18-16-8-4-6-12-20(15)16/h4,6,8,12-13H,3,5,7,9-11H2,1-2H3. The first-order valence-corrected chi connectivity index (χ1v) is 7.89. The Morgan fingerprint density at radius 3 is 3.05 bits per heavy atom. The van der Waals surface area contributed by atoms with Gasteiger partial charge in [-0.15, -0.1) is 0 Å². The summed E-state index contributed by atoms with van der Waals surface area (Å²) in [5.74, 6) is 0.285. The van der Waals surface area contributed by atoms with Crippen LogP contribution in [0.1, 0.15) is 44.0 Å². The molecule has 0 aromatic carbocycles. The van der Waals surface area contributed by atoms with Crippen LogP contribution < -0.4 is 0 Å². The maximum absolute atomic E-state index is 12.4. The Bertz CT molecular complexity index is 647. The van der Waals surface area contributed by atoms with E-state index >= 15 is 0 Å². The maximum Gasteiger partial charge on any atom is 0.223 e. The van der Waals surface area contributed by atoms with E-state index in [1.165, 1.54) is 6.42 Å². The van der Waals surface area contributed by atoms with Crippen LogP contribution in [0.2, 0.25) is 0 Å². The first-order chi connectivity index (χ1) is 10.2. The van der Waals surface area contributed by atoms with Crippen LogP contribution in [-0.2, 0) is 11.2 Å². The number of rotatable bonds is 3. The quantitative estimate of drug-likeness (QED) is 0.869. The van der Waals surface area contributed by atoms with Gasteiger partial charge in [-0.05, 0) is 51.7 Å². The van der Waals surface area contributed by atoms with Crippen LogP contribution in [0.5, 0.6) is 0 Å². The van der Waals surface area contributed by atoms with Gasteiger partial charge in [-0.1, -0.05) is 6.07 Å². The number of aromatic nitrogens is 2. The number of nitrogens with zero attached hydrogens (tertiary/aromatic N) is 3. The SMILES string of the molecule is Cc1nc2ccccn2c1CCC(=O)N1CCCCC1C. The van der Waals surface area contributed by atoms with Crippen molar-refractivity contribution in [2.24, 2.45) is 0 Å². The molecule has 1 saturated heterocycles. The number of hydrogen-bond acceptors (Lipinski definition) is 2. The lowest BCUT2D eigenvalue weighted by Crippen LogP contribution is -2.42. The van der Waals surface area contributed by atoms with Crippen LogP contribution in [0.25, 0.3) is 5.65 Å². The Hall–Kier alpha value is -1.84. The highest BCUT2D eigenvalue weighted by Gasteiger charge is 2.23. The predicted octanol–water partition coefficient (Wildman–Crippen LogP) is 2.98. The van der Waals surface area contributed by atoms with Gasteiger partial charge in [-0.25, -0.2) is 4.98 Å². The number of imidazole rings is 1. The molecular formula is C17H23N3O. The maximum atomic E-state index is 12.4. The van der Waals surface area contributed by atoms with E-state index in [1.807, 2.05) is 31.3 Å². The Morgan fingerprint density at radius 1 is 1.38 bits per heavy atom. The van der Waals surface area contributed by atoms with Gasteiger partial charge in [0, 0.05) is 30.9 Å². The van der Waals surface area contributed by atoms with E-state index in [0.29, 0.717) is 12.5 Å². The lowest BCUT2D eigenvalue weighted by Gasteiger charge is -2.33. The third-order valence-corrected chi connectivity index (χ3v) is 4.53. The zero-order valence-electron chi connectivity index (χ0n) is 12.9. The van der Waals surface area contributed by atoms with E-state index in [-0.39, 0.29) is 5.91 Å². The molecule has 1 unspecified atom stereocenters. The Balaban J connectivity index is 1.71. The smallest absolute Gasteiger partial charge is 0.223 e. The van der Waals surface area contributed by atoms with Gasteiger partial charge >= 0.3 is 0 Å². The van der Waals surface area contributed by atoms with Crippen molar-refractivity contribution in [2.75, 3.05) is 6.54 Å². The fourth-order valence-corrected chi connectivity index (χ4v) is 3.30. The Labute approximate surface area is 125 Å². The molecule has 1 fully saturated rings. The van der Waals surface area contributed by atoms with Gasteiger partial charge in [0.25, 0.3) is 0 Å². The van der Waals surface area contributed by atoms with E-state index < -0.39 is 0 Å². The van der Waals surface area contributed by atoms with Gasteiger partial charge in [-0.3, -0.25) is 4.79 Å². The van der Waals surface area contributed by atoms with Crippen molar-refractivity contribution in [3.63, 3.8) is 0 Å². The number of carbonyl (C=O) groups is 1. The summed E-state index contributed by atoms with van der Waals surface area (Å²) in [4.78, 5) is 19.1. The average Bonchev–Trinajstić information content (AvgIpc) is 2.81. The summed E-state index contributed by atoms with van der Waals surface area (Å²) in [5, 5.41) is 0. The zero-order valence-corrected chi connectivity index (χ0v) is 12.9. The van der Waals surface area contributed by atoms with Crippen LogP contribution in [-0.4, -0.2) is 32.8 Å². The number of amides is 1. The van der Waals surface area contributed by atoms with Gasteiger partial charge < -0.3 is 9.30 Å². The first-order valence-electron chi connectivity index (χ1n) is 7.89. The van der Waals surface area contributed by atoms with Crippen LogP contribution >= 0.6 is 0 Å². The molecular weight excluding hydrogens is 262 g/mol. The fourth-order valence-electron chi connectivity index (χ4n) is 3.30. The minimum atomic E-state index is 0.285. The molecule has 1 aliphatic rings. The molecule has 3 heterocycles. The van der Waals surface area contributed by atoms with Crippen molar-refractivity contribution in [1.29, 1.82) is 0 Å². The topological polar surface area (TPSA) is 37.6 Å². The van der Waals surface area contributed by atoms with E-state index in [9.17, 15) is 4.79 Å². The van der Waals surface area contributed by atoms with Gasteiger partial charge in [0.05, 0.1) is 5.69 Å². The van der Waals surface area contributed by atoms with E-state index in [1.54, 1.807) is 0 Å². The van der Waals surface area contributed by atoms with Gasteiger partial charge in [0.15, 0.2) is 0 Å². The van der Waals surface area contributed by atoms with Crippen LogP contribution in [0.3, 0.4) is 0 Å². The number of piperidine rings is 1. The number of carbonyl (C=O) groups excluding carboxylic acids is 1. The largest absolute Gasteiger partial charge is 0.340 e. The van der Waals surface area contributed by atoms with Crippen molar-refractivity contribution in [3.05, 3.63) is 35.8 Å². The molecule has 1 atom stereocenters. The van der Waals surface area contributed by atoms with E-state index in [2.05, 4.69) is 21.2 Å². The highest BCUT2D eigenvalue weighted by atomic mass is 16.2. The third-order valence-electron chi connectivity index (χ3n) is 4.53. The van der Waals surface area contributed by atoms with Crippen LogP contribution in [0.15, 0.2) is 24.4 Å². The van der Waals surface area contributed by atoms with Crippen molar-refractivity contribution in [2.45, 2.75) is 52.0 Å². The summed E-state index contributed by atoms with van der Waals surface area (Å²) < 4.78 is 2.10. The number of fused-ring (bicyclic) bond motifs is 1. The van der Waals surface area contributed by atoms with E-state index in [0.717, 1.165) is 42.8 Å². The minimum absolute atomic E-state index is 0.285. The molecule has 0 saturated carbocycles. The fraction of sp³-hybridized carbons (Fsp3) is 0.529. The molecule has 112 valence electrons. The molecule has 0 aliphatic carbocycles. The second-order valence-corrected chi connectivity index (χ2v) is 6.00.